The summed E-state index contributed by atoms with van der Waals surface area (Å²) in [6.45, 7) is 0.317. The molecule has 0 radical (unpaired) electrons. The van der Waals surface area contributed by atoms with Gasteiger partial charge < -0.3 is 25.8 Å². The number of nitrogens with two attached hydrogens (primary N) is 1. The van der Waals surface area contributed by atoms with Gasteiger partial charge in [0.15, 0.2) is 5.60 Å². The van der Waals surface area contributed by atoms with Gasteiger partial charge in [0, 0.05) is 31.1 Å². The third kappa shape index (κ3) is 4.61. The molecule has 1 aliphatic rings. The number of amides is 3. The van der Waals surface area contributed by atoms with Crippen molar-refractivity contribution in [1.82, 2.24) is 15.5 Å². The van der Waals surface area contributed by atoms with Crippen LogP contribution in [0.5, 0.6) is 11.5 Å². The lowest BCUT2D eigenvalue weighted by Gasteiger charge is -2.19. The average molecular weight is 421 g/mol. The Morgan fingerprint density at radius 3 is 2.71 bits per heavy atom. The molecule has 9 heteroatoms. The van der Waals surface area contributed by atoms with E-state index >= 15 is 0 Å². The Morgan fingerprint density at radius 1 is 1.19 bits per heavy atom. The van der Waals surface area contributed by atoms with Crippen molar-refractivity contribution in [2.75, 3.05) is 12.4 Å². The van der Waals surface area contributed by atoms with Crippen LogP contribution in [0.4, 0.5) is 10.5 Å². The van der Waals surface area contributed by atoms with E-state index in [1.807, 2.05) is 30.3 Å². The number of rotatable bonds is 8. The van der Waals surface area contributed by atoms with Gasteiger partial charge in [-0.3, -0.25) is 9.89 Å². The van der Waals surface area contributed by atoms with Crippen LogP contribution in [-0.4, -0.2) is 34.8 Å². The summed E-state index contributed by atoms with van der Waals surface area (Å²) in [6.07, 6.45) is 4.50. The monoisotopic (exact) mass is 421 g/mol. The second-order valence-electron chi connectivity index (χ2n) is 7.32. The first-order valence-corrected chi connectivity index (χ1v) is 9.79. The van der Waals surface area contributed by atoms with Gasteiger partial charge in [0.1, 0.15) is 11.5 Å². The third-order valence-electron chi connectivity index (χ3n) is 5.11. The predicted molar refractivity (Wildman–Crippen MR) is 115 cm³/mol. The van der Waals surface area contributed by atoms with E-state index in [-0.39, 0.29) is 0 Å². The van der Waals surface area contributed by atoms with E-state index in [2.05, 4.69) is 20.8 Å². The Labute approximate surface area is 178 Å². The molecule has 0 spiro atoms. The Kier molecular flexibility index (Phi) is 5.48. The average Bonchev–Trinajstić information content (AvgIpc) is 3.35. The fourth-order valence-electron chi connectivity index (χ4n) is 3.15. The van der Waals surface area contributed by atoms with Gasteiger partial charge in [0.25, 0.3) is 5.91 Å². The van der Waals surface area contributed by atoms with Crippen molar-refractivity contribution >= 4 is 17.6 Å². The first-order chi connectivity index (χ1) is 15.0. The molecule has 0 atom stereocenters. The quantitative estimate of drug-likeness (QED) is 0.444. The number of ether oxygens (including phenoxy) is 2. The number of aromatic amines is 1. The van der Waals surface area contributed by atoms with Crippen LogP contribution in [-0.2, 0) is 11.3 Å². The van der Waals surface area contributed by atoms with E-state index in [4.69, 9.17) is 15.2 Å². The molecular formula is C22H23N5O4. The minimum absolute atomic E-state index is 0.317. The van der Waals surface area contributed by atoms with Crippen LogP contribution < -0.4 is 25.8 Å². The number of carbonyl (C=O) groups is 2. The minimum Gasteiger partial charge on any atom is -0.497 e. The Bertz CT molecular complexity index is 1090. The van der Waals surface area contributed by atoms with Crippen molar-refractivity contribution < 1.29 is 19.1 Å². The Hall–Kier alpha value is -4.01. The van der Waals surface area contributed by atoms with Crippen LogP contribution in [0, 0.1) is 0 Å². The van der Waals surface area contributed by atoms with E-state index in [9.17, 15) is 9.59 Å². The number of nitrogens with one attached hydrogen (secondary N) is 3. The maximum Gasteiger partial charge on any atom is 0.319 e. The van der Waals surface area contributed by atoms with Crippen LogP contribution in [0.15, 0.2) is 54.9 Å². The summed E-state index contributed by atoms with van der Waals surface area (Å²) in [4.78, 5) is 24.3. The van der Waals surface area contributed by atoms with Crippen molar-refractivity contribution in [1.29, 1.82) is 0 Å². The highest BCUT2D eigenvalue weighted by atomic mass is 16.5. The van der Waals surface area contributed by atoms with Gasteiger partial charge in [0.05, 0.1) is 19.0 Å². The lowest BCUT2D eigenvalue weighted by Crippen LogP contribution is -2.36. The zero-order chi connectivity index (χ0) is 21.8. The summed E-state index contributed by atoms with van der Waals surface area (Å²) in [7, 11) is 1.59. The predicted octanol–water partition coefficient (Wildman–Crippen LogP) is 2.80. The number of carbonyl (C=O) groups excluding carboxylic acids is 2. The summed E-state index contributed by atoms with van der Waals surface area (Å²) >= 11 is 0. The van der Waals surface area contributed by atoms with Gasteiger partial charge in [-0.15, -0.1) is 0 Å². The number of aromatic nitrogens is 2. The highest BCUT2D eigenvalue weighted by molar-refractivity contribution is 5.92. The Balaban J connectivity index is 1.50. The normalized spacial score (nSPS) is 13.8. The molecule has 2 aromatic carbocycles. The molecular weight excluding hydrogens is 398 g/mol. The number of anilines is 1. The van der Waals surface area contributed by atoms with E-state index in [0.717, 1.165) is 16.7 Å². The zero-order valence-electron chi connectivity index (χ0n) is 17.0. The molecule has 1 fully saturated rings. The van der Waals surface area contributed by atoms with Gasteiger partial charge in [-0.05, 0) is 35.4 Å². The highest BCUT2D eigenvalue weighted by Crippen LogP contribution is 2.43. The van der Waals surface area contributed by atoms with E-state index in [0.29, 0.717) is 36.6 Å². The summed E-state index contributed by atoms with van der Waals surface area (Å²) in [5.74, 6) is 0.563. The molecule has 1 heterocycles. The van der Waals surface area contributed by atoms with Crippen molar-refractivity contribution in [2.24, 2.45) is 5.73 Å². The fourth-order valence-corrected chi connectivity index (χ4v) is 3.15. The Morgan fingerprint density at radius 2 is 2.03 bits per heavy atom. The summed E-state index contributed by atoms with van der Waals surface area (Å²) in [6, 6.07) is 12.3. The SMILES string of the molecule is COc1cccc(CNC(=O)Nc2ccc(-c3cn[nH]c3)cc2OC2(C(N)=O)CC2)c1. The van der Waals surface area contributed by atoms with E-state index in [1.165, 1.54) is 0 Å². The molecule has 3 aromatic rings. The number of hydrogen-bond acceptors (Lipinski definition) is 5. The van der Waals surface area contributed by atoms with E-state index < -0.39 is 17.5 Å². The van der Waals surface area contributed by atoms with Crippen molar-refractivity contribution in [3.8, 4) is 22.6 Å². The number of benzene rings is 2. The molecule has 1 saturated carbocycles. The molecule has 31 heavy (non-hydrogen) atoms. The van der Waals surface area contributed by atoms with Crippen LogP contribution in [0.1, 0.15) is 18.4 Å². The lowest BCUT2D eigenvalue weighted by atomic mass is 10.1. The number of urea groups is 1. The number of hydrogen-bond donors (Lipinski definition) is 4. The van der Waals surface area contributed by atoms with Gasteiger partial charge in [0.2, 0.25) is 0 Å². The number of methoxy groups -OCH3 is 1. The molecule has 9 nitrogen and oxygen atoms in total. The summed E-state index contributed by atoms with van der Waals surface area (Å²) in [5.41, 5.74) is 7.49. The molecule has 0 saturated heterocycles. The smallest absolute Gasteiger partial charge is 0.319 e. The van der Waals surface area contributed by atoms with Crippen molar-refractivity contribution in [2.45, 2.75) is 25.0 Å². The molecule has 160 valence electrons. The molecule has 3 amide bonds. The van der Waals surface area contributed by atoms with Crippen LogP contribution >= 0.6 is 0 Å². The largest absolute Gasteiger partial charge is 0.497 e. The third-order valence-corrected chi connectivity index (χ3v) is 5.11. The second-order valence-corrected chi connectivity index (χ2v) is 7.32. The highest BCUT2D eigenvalue weighted by Gasteiger charge is 2.52. The van der Waals surface area contributed by atoms with Crippen molar-refractivity contribution in [3.05, 3.63) is 60.4 Å². The standard InChI is InChI=1S/C22H23N5O4/c1-30-17-4-2-3-14(9-17)11-24-21(29)27-18-6-5-15(16-12-25-26-13-16)10-19(18)31-22(7-8-22)20(23)28/h2-6,9-10,12-13H,7-8,11H2,1H3,(H2,23,28)(H,25,26)(H2,24,27,29). The number of nitrogens with zero attached hydrogens (tertiary/aromatic N) is 1. The fraction of sp³-hybridized carbons (Fsp3) is 0.227. The molecule has 0 aliphatic heterocycles. The van der Waals surface area contributed by atoms with E-state index in [1.54, 1.807) is 31.6 Å². The molecule has 1 aromatic heterocycles. The lowest BCUT2D eigenvalue weighted by molar-refractivity contribution is -0.126. The molecule has 0 bridgehead atoms. The first-order valence-electron chi connectivity index (χ1n) is 9.79. The van der Waals surface area contributed by atoms with Gasteiger partial charge in [-0.25, -0.2) is 4.79 Å². The molecule has 4 rings (SSSR count). The molecule has 5 N–H and O–H groups in total. The van der Waals surface area contributed by atoms with Gasteiger partial charge >= 0.3 is 6.03 Å². The minimum atomic E-state index is -1.03. The maximum absolute atomic E-state index is 12.5. The zero-order valence-corrected chi connectivity index (χ0v) is 17.0. The first kappa shape index (κ1) is 20.3. The van der Waals surface area contributed by atoms with Gasteiger partial charge in [-0.2, -0.15) is 5.10 Å². The van der Waals surface area contributed by atoms with Crippen LogP contribution in [0.2, 0.25) is 0 Å². The molecule has 0 unspecified atom stereocenters. The summed E-state index contributed by atoms with van der Waals surface area (Å²) in [5, 5.41) is 12.3. The van der Waals surface area contributed by atoms with Crippen LogP contribution in [0.3, 0.4) is 0 Å². The summed E-state index contributed by atoms with van der Waals surface area (Å²) < 4.78 is 11.2. The molecule has 1 aliphatic carbocycles. The topological polar surface area (TPSA) is 131 Å². The van der Waals surface area contributed by atoms with Gasteiger partial charge in [-0.1, -0.05) is 18.2 Å². The maximum atomic E-state index is 12.5. The van der Waals surface area contributed by atoms with Crippen molar-refractivity contribution in [3.63, 3.8) is 0 Å². The van der Waals surface area contributed by atoms with Crippen LogP contribution in [0.25, 0.3) is 11.1 Å². The number of primary amides is 1. The second kappa shape index (κ2) is 8.39. The number of H-pyrrole nitrogens is 1.